The molecule has 0 bridgehead atoms. The third kappa shape index (κ3) is 5.25. The fraction of sp³-hybridized carbons (Fsp3) is 0.522. The highest BCUT2D eigenvalue weighted by Crippen LogP contribution is 2.40. The maximum Gasteiger partial charge on any atom is 0.338 e. The number of hydrogen-bond donors (Lipinski definition) is 1. The molecule has 1 fully saturated rings. The first-order valence-electron chi connectivity index (χ1n) is 10.5. The average molecular weight is 430 g/mol. The van der Waals surface area contributed by atoms with Gasteiger partial charge in [0.15, 0.2) is 5.17 Å². The predicted molar refractivity (Wildman–Crippen MR) is 122 cm³/mol. The zero-order valence-electron chi connectivity index (χ0n) is 18.4. The minimum atomic E-state index is -0.319. The molecule has 0 spiro atoms. The fourth-order valence-corrected chi connectivity index (χ4v) is 4.74. The first-order chi connectivity index (χ1) is 14.2. The molecule has 2 aliphatic rings. The van der Waals surface area contributed by atoms with Crippen LogP contribution in [0.5, 0.6) is 0 Å². The molecule has 1 atom stereocenters. The van der Waals surface area contributed by atoms with Gasteiger partial charge in [0, 0.05) is 24.4 Å². The number of carbonyl (C=O) groups is 2. The fourth-order valence-electron chi connectivity index (χ4n) is 3.72. The van der Waals surface area contributed by atoms with Crippen molar-refractivity contribution in [2.24, 2.45) is 10.4 Å². The van der Waals surface area contributed by atoms with Crippen molar-refractivity contribution in [1.29, 1.82) is 0 Å². The molecule has 1 saturated heterocycles. The molecule has 1 N–H and O–H groups in total. The summed E-state index contributed by atoms with van der Waals surface area (Å²) in [6.07, 6.45) is 1.49. The van der Waals surface area contributed by atoms with Crippen molar-refractivity contribution in [2.75, 3.05) is 24.2 Å². The van der Waals surface area contributed by atoms with Crippen LogP contribution in [0.1, 0.15) is 59.1 Å². The van der Waals surface area contributed by atoms with E-state index >= 15 is 0 Å². The van der Waals surface area contributed by atoms with Crippen LogP contribution in [-0.4, -0.2) is 40.8 Å². The van der Waals surface area contributed by atoms with Crippen LogP contribution >= 0.6 is 11.8 Å². The molecule has 6 nitrogen and oxygen atoms in total. The number of aliphatic imine (C=N–C) groups is 1. The van der Waals surface area contributed by atoms with Gasteiger partial charge in [0.2, 0.25) is 5.91 Å². The number of anilines is 1. The normalized spacial score (nSPS) is 19.2. The number of carbonyl (C=O) groups excluding carboxylic acids is 2. The summed E-state index contributed by atoms with van der Waals surface area (Å²) in [6, 6.07) is 7.52. The molecular weight excluding hydrogens is 398 g/mol. The summed E-state index contributed by atoms with van der Waals surface area (Å²) >= 11 is 1.73. The van der Waals surface area contributed by atoms with E-state index in [1.807, 2.05) is 58.9 Å². The van der Waals surface area contributed by atoms with Gasteiger partial charge in [-0.2, -0.15) is 0 Å². The summed E-state index contributed by atoms with van der Waals surface area (Å²) in [4.78, 5) is 31.9. The van der Waals surface area contributed by atoms with Gasteiger partial charge < -0.3 is 15.0 Å². The van der Waals surface area contributed by atoms with E-state index < -0.39 is 0 Å². The van der Waals surface area contributed by atoms with Crippen LogP contribution in [-0.2, 0) is 14.3 Å². The lowest BCUT2D eigenvalue weighted by Gasteiger charge is -2.40. The number of nitrogens with one attached hydrogen (secondary N) is 1. The standard InChI is InChI=1S/C23H31N3O3S/c1-6-29-21(28)19-15(2)24-22-26(12-7-13-30-22)20(19)16-8-10-17(11-9-16)25-18(27)14-23(3,4)5/h8-11,20H,6-7,12-14H2,1-5H3,(H,25,27)/t20-/m0/s1. The van der Waals surface area contributed by atoms with Crippen LogP contribution in [0.25, 0.3) is 0 Å². The highest BCUT2D eigenvalue weighted by Gasteiger charge is 2.37. The van der Waals surface area contributed by atoms with E-state index in [1.54, 1.807) is 11.8 Å². The third-order valence-corrected chi connectivity index (χ3v) is 6.03. The SMILES string of the molecule is CCOC(=O)C1=C(C)N=C2SCCCN2[C@H]1c1ccc(NC(=O)CC(C)(C)C)cc1. The van der Waals surface area contributed by atoms with Crippen molar-refractivity contribution in [3.63, 3.8) is 0 Å². The van der Waals surface area contributed by atoms with E-state index in [-0.39, 0.29) is 23.3 Å². The molecule has 7 heteroatoms. The highest BCUT2D eigenvalue weighted by atomic mass is 32.2. The summed E-state index contributed by atoms with van der Waals surface area (Å²) in [7, 11) is 0. The Hall–Kier alpha value is -2.28. The van der Waals surface area contributed by atoms with E-state index in [0.717, 1.165) is 35.1 Å². The molecule has 1 amide bonds. The largest absolute Gasteiger partial charge is 0.463 e. The number of esters is 1. The highest BCUT2D eigenvalue weighted by molar-refractivity contribution is 8.13. The monoisotopic (exact) mass is 429 g/mol. The summed E-state index contributed by atoms with van der Waals surface area (Å²) in [6.45, 7) is 11.0. The van der Waals surface area contributed by atoms with Crippen molar-refractivity contribution >= 4 is 34.5 Å². The Kier molecular flexibility index (Phi) is 6.91. The van der Waals surface area contributed by atoms with Gasteiger partial charge in [0.05, 0.1) is 23.9 Å². The Balaban J connectivity index is 1.88. The molecule has 2 aliphatic heterocycles. The van der Waals surface area contributed by atoms with Crippen LogP contribution < -0.4 is 5.32 Å². The van der Waals surface area contributed by atoms with Crippen LogP contribution in [0.3, 0.4) is 0 Å². The zero-order chi connectivity index (χ0) is 21.9. The van der Waals surface area contributed by atoms with Crippen LogP contribution in [0.15, 0.2) is 40.5 Å². The van der Waals surface area contributed by atoms with Gasteiger partial charge in [-0.1, -0.05) is 44.7 Å². The molecule has 1 aromatic carbocycles. The summed E-state index contributed by atoms with van der Waals surface area (Å²) < 4.78 is 5.35. The van der Waals surface area contributed by atoms with Crippen molar-refractivity contribution < 1.29 is 14.3 Å². The second-order valence-corrected chi connectivity index (χ2v) is 9.88. The Morgan fingerprint density at radius 3 is 2.60 bits per heavy atom. The van der Waals surface area contributed by atoms with E-state index in [9.17, 15) is 9.59 Å². The number of thioether (sulfide) groups is 1. The number of fused-ring (bicyclic) bond motifs is 1. The predicted octanol–water partition coefficient (Wildman–Crippen LogP) is 4.75. The van der Waals surface area contributed by atoms with Gasteiger partial charge in [-0.3, -0.25) is 4.79 Å². The number of benzene rings is 1. The maximum absolute atomic E-state index is 12.8. The van der Waals surface area contributed by atoms with Gasteiger partial charge in [-0.15, -0.1) is 0 Å². The molecular formula is C23H31N3O3S. The first kappa shape index (κ1) is 22.4. The number of allylic oxidation sites excluding steroid dienone is 1. The van der Waals surface area contributed by atoms with E-state index in [2.05, 4.69) is 15.2 Å². The second-order valence-electron chi connectivity index (χ2n) is 8.82. The average Bonchev–Trinajstić information content (AvgIpc) is 2.66. The van der Waals surface area contributed by atoms with E-state index in [0.29, 0.717) is 24.3 Å². The lowest BCUT2D eigenvalue weighted by Crippen LogP contribution is -2.42. The quantitative estimate of drug-likeness (QED) is 0.684. The third-order valence-electron chi connectivity index (χ3n) is 4.95. The minimum Gasteiger partial charge on any atom is -0.463 e. The topological polar surface area (TPSA) is 71.0 Å². The maximum atomic E-state index is 12.8. The summed E-state index contributed by atoms with van der Waals surface area (Å²) in [5.41, 5.74) is 2.98. The van der Waals surface area contributed by atoms with E-state index in [1.165, 1.54) is 0 Å². The molecule has 0 radical (unpaired) electrons. The van der Waals surface area contributed by atoms with E-state index in [4.69, 9.17) is 4.74 Å². The zero-order valence-corrected chi connectivity index (χ0v) is 19.3. The van der Waals surface area contributed by atoms with Crippen LogP contribution in [0.2, 0.25) is 0 Å². The van der Waals surface area contributed by atoms with Gasteiger partial charge in [-0.25, -0.2) is 9.79 Å². The van der Waals surface area contributed by atoms with Crippen LogP contribution in [0.4, 0.5) is 5.69 Å². The lowest BCUT2D eigenvalue weighted by atomic mass is 9.92. The van der Waals surface area contributed by atoms with Crippen LogP contribution in [0, 0.1) is 5.41 Å². The number of rotatable bonds is 5. The molecule has 1 aromatic rings. The molecule has 2 heterocycles. The first-order valence-corrected chi connectivity index (χ1v) is 11.4. The van der Waals surface area contributed by atoms with Crippen molar-refractivity contribution in [2.45, 2.75) is 53.5 Å². The minimum absolute atomic E-state index is 0.00211. The Morgan fingerprint density at radius 2 is 1.97 bits per heavy atom. The Morgan fingerprint density at radius 1 is 1.27 bits per heavy atom. The van der Waals surface area contributed by atoms with Gasteiger partial charge >= 0.3 is 5.97 Å². The summed E-state index contributed by atoms with van der Waals surface area (Å²) in [5, 5.41) is 3.92. The molecule has 0 unspecified atom stereocenters. The number of amidine groups is 1. The molecule has 162 valence electrons. The van der Waals surface area contributed by atoms with Gasteiger partial charge in [0.1, 0.15) is 0 Å². The number of hydrogen-bond acceptors (Lipinski definition) is 6. The smallest absolute Gasteiger partial charge is 0.338 e. The number of amides is 1. The number of nitrogens with zero attached hydrogens (tertiary/aromatic N) is 2. The molecule has 3 rings (SSSR count). The van der Waals surface area contributed by atoms with Crippen molar-refractivity contribution in [1.82, 2.24) is 4.90 Å². The molecule has 0 saturated carbocycles. The molecule has 30 heavy (non-hydrogen) atoms. The number of ether oxygens (including phenoxy) is 1. The van der Waals surface area contributed by atoms with Gasteiger partial charge in [0.25, 0.3) is 0 Å². The lowest BCUT2D eigenvalue weighted by molar-refractivity contribution is -0.139. The van der Waals surface area contributed by atoms with Gasteiger partial charge in [-0.05, 0) is 43.4 Å². The molecule has 0 aromatic heterocycles. The van der Waals surface area contributed by atoms with Crippen molar-refractivity contribution in [3.05, 3.63) is 41.1 Å². The molecule has 0 aliphatic carbocycles. The Bertz CT molecular complexity index is 869. The Labute approximate surface area is 183 Å². The summed E-state index contributed by atoms with van der Waals surface area (Å²) in [5.74, 6) is 0.710. The van der Waals surface area contributed by atoms with Crippen molar-refractivity contribution in [3.8, 4) is 0 Å². The second kappa shape index (κ2) is 9.25.